The van der Waals surface area contributed by atoms with Crippen LogP contribution in [0, 0.1) is 23.7 Å². The number of ether oxygens (including phenoxy) is 1. The van der Waals surface area contributed by atoms with Gasteiger partial charge in [0.1, 0.15) is 0 Å². The molecule has 1 N–H and O–H groups in total. The van der Waals surface area contributed by atoms with E-state index in [1.165, 1.54) is 4.90 Å². The molecular weight excluding hydrogens is 579 g/mol. The molecule has 1 aromatic rings. The third kappa shape index (κ3) is 4.14. The van der Waals surface area contributed by atoms with Crippen molar-refractivity contribution < 1.29 is 23.9 Å². The number of fused-ring (bicyclic) bond motifs is 5. The molecule has 3 fully saturated rings. The molecule has 7 nitrogen and oxygen atoms in total. The zero-order valence-corrected chi connectivity index (χ0v) is 20.7. The van der Waals surface area contributed by atoms with Crippen LogP contribution in [-0.2, 0) is 23.9 Å². The summed E-state index contributed by atoms with van der Waals surface area (Å²) in [6.45, 7) is -0.569. The monoisotopic (exact) mass is 594 g/mol. The topological polar surface area (TPSA) is 92.8 Å². The van der Waals surface area contributed by atoms with E-state index in [0.29, 0.717) is 5.69 Å². The SMILES string of the molecule is O=C(COC(=O)CCN1C(=O)[C@@H]2[C@H]3C[C@@H]([C@H](Br)[C@H]3Br)[C@H]2C1=O)Nc1cccc(Cl)c1Cl. The van der Waals surface area contributed by atoms with Crippen LogP contribution in [-0.4, -0.2) is 51.4 Å². The average Bonchev–Trinajstić information content (AvgIpc) is 3.33. The molecule has 0 unspecified atom stereocenters. The van der Waals surface area contributed by atoms with E-state index in [4.69, 9.17) is 27.9 Å². The maximum absolute atomic E-state index is 12.8. The van der Waals surface area contributed by atoms with Crippen molar-refractivity contribution in [3.05, 3.63) is 28.2 Å². The predicted octanol–water partition coefficient (Wildman–Crippen LogP) is 3.64. The second-order valence-corrected chi connectivity index (χ2v) is 10.8. The van der Waals surface area contributed by atoms with E-state index in [1.807, 2.05) is 0 Å². The van der Waals surface area contributed by atoms with Gasteiger partial charge in [-0.1, -0.05) is 61.1 Å². The Kier molecular flexibility index (Phi) is 6.68. The van der Waals surface area contributed by atoms with Crippen molar-refractivity contribution in [3.63, 3.8) is 0 Å². The van der Waals surface area contributed by atoms with E-state index in [2.05, 4.69) is 37.2 Å². The number of carbonyl (C=O) groups excluding carboxylic acids is 4. The standard InChI is InChI=1S/C20H18Br2Cl2N2O5/c21-16-8-6-9(17(16)22)15-14(8)19(29)26(20(15)30)5-4-13(28)31-7-12(27)25-11-3-1-2-10(23)18(11)24/h1-3,8-9,14-17H,4-7H2,(H,25,27)/t8-,9-,14-,15-,16+,17+/m1/s1. The maximum atomic E-state index is 12.8. The molecule has 3 aliphatic rings. The third-order valence-corrected chi connectivity index (χ3v) is 10.2. The molecule has 6 atom stereocenters. The predicted molar refractivity (Wildman–Crippen MR) is 121 cm³/mol. The number of hydrogen-bond donors (Lipinski definition) is 1. The van der Waals surface area contributed by atoms with Crippen LogP contribution >= 0.6 is 55.1 Å². The van der Waals surface area contributed by atoms with Gasteiger partial charge in [-0.05, 0) is 30.4 Å². The molecule has 166 valence electrons. The van der Waals surface area contributed by atoms with E-state index in [9.17, 15) is 19.2 Å². The summed E-state index contributed by atoms with van der Waals surface area (Å²) < 4.78 is 4.97. The number of imide groups is 1. The number of hydrogen-bond acceptors (Lipinski definition) is 5. The lowest BCUT2D eigenvalue weighted by molar-refractivity contribution is -0.149. The van der Waals surface area contributed by atoms with E-state index in [0.717, 1.165) is 6.42 Å². The van der Waals surface area contributed by atoms with Crippen LogP contribution in [0.25, 0.3) is 0 Å². The Balaban J connectivity index is 1.27. The number of anilines is 1. The van der Waals surface area contributed by atoms with Crippen molar-refractivity contribution in [2.75, 3.05) is 18.5 Å². The molecule has 11 heteroatoms. The largest absolute Gasteiger partial charge is 0.456 e. The fraction of sp³-hybridized carbons (Fsp3) is 0.500. The van der Waals surface area contributed by atoms with Crippen LogP contribution in [0.4, 0.5) is 5.69 Å². The molecule has 0 aromatic heterocycles. The van der Waals surface area contributed by atoms with Crippen molar-refractivity contribution in [1.29, 1.82) is 0 Å². The molecule has 2 aliphatic carbocycles. The van der Waals surface area contributed by atoms with Gasteiger partial charge in [0.2, 0.25) is 11.8 Å². The first kappa shape index (κ1) is 23.0. The van der Waals surface area contributed by atoms with Gasteiger partial charge in [-0.2, -0.15) is 0 Å². The Labute approximate surface area is 205 Å². The molecule has 1 aliphatic heterocycles. The summed E-state index contributed by atoms with van der Waals surface area (Å²) in [5.74, 6) is -2.09. The van der Waals surface area contributed by atoms with Crippen molar-refractivity contribution in [2.45, 2.75) is 22.5 Å². The molecule has 2 bridgehead atoms. The molecule has 1 heterocycles. The molecule has 3 amide bonds. The summed E-state index contributed by atoms with van der Waals surface area (Å²) >= 11 is 19.2. The van der Waals surface area contributed by atoms with Crippen LogP contribution in [0.1, 0.15) is 12.8 Å². The quantitative estimate of drug-likeness (QED) is 0.308. The molecule has 2 saturated carbocycles. The molecular formula is C20H18Br2Cl2N2O5. The van der Waals surface area contributed by atoms with Gasteiger partial charge in [0, 0.05) is 16.2 Å². The van der Waals surface area contributed by atoms with Crippen LogP contribution < -0.4 is 5.32 Å². The Morgan fingerprint density at radius 1 is 1.10 bits per heavy atom. The lowest BCUT2D eigenvalue weighted by Crippen LogP contribution is -2.37. The lowest BCUT2D eigenvalue weighted by atomic mass is 9.81. The number of benzene rings is 1. The first-order valence-electron chi connectivity index (χ1n) is 9.73. The zero-order chi connectivity index (χ0) is 22.4. The van der Waals surface area contributed by atoms with Crippen molar-refractivity contribution >= 4 is 84.4 Å². The Morgan fingerprint density at radius 2 is 1.71 bits per heavy atom. The number of esters is 1. The number of rotatable bonds is 6. The summed E-state index contributed by atoms with van der Waals surface area (Å²) in [6, 6.07) is 4.77. The second-order valence-electron chi connectivity index (χ2n) is 7.89. The van der Waals surface area contributed by atoms with Crippen LogP contribution in [0.3, 0.4) is 0 Å². The number of likely N-dealkylation sites (tertiary alicyclic amines) is 1. The van der Waals surface area contributed by atoms with Gasteiger partial charge in [0.25, 0.3) is 5.91 Å². The highest BCUT2D eigenvalue weighted by Gasteiger charge is 2.66. The van der Waals surface area contributed by atoms with Crippen LogP contribution in [0.2, 0.25) is 10.0 Å². The lowest BCUT2D eigenvalue weighted by Gasteiger charge is -2.28. The minimum absolute atomic E-state index is 0.0510. The smallest absolute Gasteiger partial charge is 0.308 e. The first-order valence-corrected chi connectivity index (χ1v) is 12.3. The average molecular weight is 597 g/mol. The maximum Gasteiger partial charge on any atom is 0.308 e. The molecule has 1 saturated heterocycles. The van der Waals surface area contributed by atoms with E-state index in [1.54, 1.807) is 18.2 Å². The summed E-state index contributed by atoms with van der Waals surface area (Å²) in [6.07, 6.45) is 0.674. The highest BCUT2D eigenvalue weighted by molar-refractivity contribution is 9.12. The van der Waals surface area contributed by atoms with Gasteiger partial charge < -0.3 is 10.1 Å². The molecule has 0 radical (unpaired) electrons. The van der Waals surface area contributed by atoms with E-state index in [-0.39, 0.29) is 68.2 Å². The van der Waals surface area contributed by atoms with Crippen LogP contribution in [0.5, 0.6) is 0 Å². The number of nitrogens with one attached hydrogen (secondary N) is 1. The summed E-state index contributed by atoms with van der Waals surface area (Å²) in [7, 11) is 0. The third-order valence-electron chi connectivity index (χ3n) is 6.21. The van der Waals surface area contributed by atoms with Gasteiger partial charge in [0.15, 0.2) is 6.61 Å². The zero-order valence-electron chi connectivity index (χ0n) is 16.0. The minimum atomic E-state index is -0.676. The minimum Gasteiger partial charge on any atom is -0.456 e. The summed E-state index contributed by atoms with van der Waals surface area (Å²) in [4.78, 5) is 51.2. The fourth-order valence-corrected chi connectivity index (χ4v) is 7.06. The van der Waals surface area contributed by atoms with Gasteiger partial charge in [-0.3, -0.25) is 24.1 Å². The number of alkyl halides is 2. The Morgan fingerprint density at radius 3 is 2.32 bits per heavy atom. The van der Waals surface area contributed by atoms with Gasteiger partial charge in [-0.25, -0.2) is 0 Å². The Bertz CT molecular complexity index is 929. The molecule has 31 heavy (non-hydrogen) atoms. The normalized spacial score (nSPS) is 31.2. The van der Waals surface area contributed by atoms with Crippen molar-refractivity contribution in [3.8, 4) is 0 Å². The first-order chi connectivity index (χ1) is 14.7. The fourth-order valence-electron chi connectivity index (χ4n) is 4.84. The van der Waals surface area contributed by atoms with Crippen molar-refractivity contribution in [1.82, 2.24) is 4.90 Å². The van der Waals surface area contributed by atoms with Crippen molar-refractivity contribution in [2.24, 2.45) is 23.7 Å². The van der Waals surface area contributed by atoms with Gasteiger partial charge in [-0.15, -0.1) is 0 Å². The number of amides is 3. The molecule has 4 rings (SSSR count). The Hall–Kier alpha value is -1.16. The number of nitrogens with zero attached hydrogens (tertiary/aromatic N) is 1. The number of carbonyl (C=O) groups is 4. The summed E-state index contributed by atoms with van der Waals surface area (Å²) in [5, 5.41) is 2.98. The van der Waals surface area contributed by atoms with E-state index < -0.39 is 18.5 Å². The molecule has 0 spiro atoms. The molecule has 1 aromatic carbocycles. The summed E-state index contributed by atoms with van der Waals surface area (Å²) in [5.41, 5.74) is 0.305. The highest BCUT2D eigenvalue weighted by Crippen LogP contribution is 2.60. The number of halogens is 4. The highest BCUT2D eigenvalue weighted by atomic mass is 79.9. The van der Waals surface area contributed by atoms with Crippen LogP contribution in [0.15, 0.2) is 18.2 Å². The van der Waals surface area contributed by atoms with Gasteiger partial charge in [0.05, 0.1) is 34.0 Å². The van der Waals surface area contributed by atoms with E-state index >= 15 is 0 Å². The van der Waals surface area contributed by atoms with Gasteiger partial charge >= 0.3 is 5.97 Å². The second kappa shape index (κ2) is 9.00.